The molecule has 0 unspecified atom stereocenters. The van der Waals surface area contributed by atoms with Gasteiger partial charge >= 0.3 is 0 Å². The van der Waals surface area contributed by atoms with Crippen molar-refractivity contribution < 1.29 is 4.79 Å². The van der Waals surface area contributed by atoms with Crippen molar-refractivity contribution in [3.63, 3.8) is 0 Å². The summed E-state index contributed by atoms with van der Waals surface area (Å²) < 4.78 is 0. The van der Waals surface area contributed by atoms with Crippen molar-refractivity contribution in [2.24, 2.45) is 0 Å². The third-order valence-corrected chi connectivity index (χ3v) is 2.15. The number of amides is 1. The smallest absolute Gasteiger partial charge is 0.227 e. The van der Waals surface area contributed by atoms with Crippen molar-refractivity contribution in [2.45, 2.75) is 6.42 Å². The number of benzene rings is 1. The number of rotatable bonds is 3. The van der Waals surface area contributed by atoms with Crippen molar-refractivity contribution in [1.82, 2.24) is 4.90 Å². The summed E-state index contributed by atoms with van der Waals surface area (Å²) in [5.41, 5.74) is 7.21. The molecule has 15 heavy (non-hydrogen) atoms. The van der Waals surface area contributed by atoms with Crippen LogP contribution >= 0.6 is 0 Å². The zero-order chi connectivity index (χ0) is 11.3. The molecule has 1 aromatic rings. The van der Waals surface area contributed by atoms with Gasteiger partial charge < -0.3 is 10.6 Å². The Kier molecular flexibility index (Phi) is 3.75. The number of nitrogens with zero attached hydrogens (tertiary/aromatic N) is 1. The fourth-order valence-corrected chi connectivity index (χ4v) is 1.22. The molecular weight excluding hydrogens is 188 g/mol. The highest BCUT2D eigenvalue weighted by Gasteiger charge is 2.09. The molecule has 78 valence electrons. The molecule has 2 N–H and O–H groups in total. The maximum atomic E-state index is 11.6. The summed E-state index contributed by atoms with van der Waals surface area (Å²) >= 11 is 0. The molecule has 1 aromatic carbocycles. The van der Waals surface area contributed by atoms with Gasteiger partial charge in [0.15, 0.2) is 0 Å². The van der Waals surface area contributed by atoms with Crippen LogP contribution < -0.4 is 5.73 Å². The minimum Gasteiger partial charge on any atom is -0.398 e. The third kappa shape index (κ3) is 3.03. The molecule has 3 heteroatoms. The lowest BCUT2D eigenvalue weighted by atomic mass is 10.1. The topological polar surface area (TPSA) is 46.3 Å². The Morgan fingerprint density at radius 1 is 1.53 bits per heavy atom. The summed E-state index contributed by atoms with van der Waals surface area (Å²) in [4.78, 5) is 13.1. The highest BCUT2D eigenvalue weighted by atomic mass is 16.2. The van der Waals surface area contributed by atoms with Gasteiger partial charge in [-0.2, -0.15) is 0 Å². The number of carbonyl (C=O) groups excluding carboxylic acids is 1. The second-order valence-electron chi connectivity index (χ2n) is 3.33. The summed E-state index contributed by atoms with van der Waals surface area (Å²) in [6, 6.07) is 7.33. The van der Waals surface area contributed by atoms with E-state index in [2.05, 4.69) is 5.92 Å². The van der Waals surface area contributed by atoms with Crippen LogP contribution in [0.4, 0.5) is 5.69 Å². The van der Waals surface area contributed by atoms with E-state index >= 15 is 0 Å². The van der Waals surface area contributed by atoms with E-state index in [4.69, 9.17) is 12.2 Å². The zero-order valence-corrected chi connectivity index (χ0v) is 8.73. The fourth-order valence-electron chi connectivity index (χ4n) is 1.22. The van der Waals surface area contributed by atoms with Crippen LogP contribution in [0.1, 0.15) is 5.56 Å². The molecule has 0 saturated heterocycles. The first-order valence-corrected chi connectivity index (χ1v) is 4.66. The van der Waals surface area contributed by atoms with Crippen LogP contribution in [-0.2, 0) is 11.2 Å². The molecule has 1 rings (SSSR count). The molecule has 3 nitrogen and oxygen atoms in total. The number of likely N-dealkylation sites (N-methyl/N-ethyl adjacent to an activating group) is 1. The summed E-state index contributed by atoms with van der Waals surface area (Å²) in [6.07, 6.45) is 5.42. The van der Waals surface area contributed by atoms with Gasteiger partial charge in [0.05, 0.1) is 13.0 Å². The van der Waals surface area contributed by atoms with Gasteiger partial charge in [-0.1, -0.05) is 24.1 Å². The van der Waals surface area contributed by atoms with Crippen LogP contribution in [0, 0.1) is 12.3 Å². The maximum absolute atomic E-state index is 11.6. The Morgan fingerprint density at radius 2 is 2.20 bits per heavy atom. The molecule has 0 radical (unpaired) electrons. The van der Waals surface area contributed by atoms with E-state index in [-0.39, 0.29) is 5.91 Å². The fraction of sp³-hybridized carbons (Fsp3) is 0.250. The van der Waals surface area contributed by atoms with E-state index in [0.717, 1.165) is 5.56 Å². The van der Waals surface area contributed by atoms with Crippen LogP contribution in [0.25, 0.3) is 0 Å². The van der Waals surface area contributed by atoms with E-state index in [1.165, 1.54) is 4.90 Å². The van der Waals surface area contributed by atoms with Crippen molar-refractivity contribution in [2.75, 3.05) is 19.3 Å². The van der Waals surface area contributed by atoms with E-state index in [0.29, 0.717) is 18.7 Å². The predicted molar refractivity (Wildman–Crippen MR) is 61.0 cm³/mol. The summed E-state index contributed by atoms with van der Waals surface area (Å²) in [5.74, 6) is 2.40. The molecule has 0 heterocycles. The first-order valence-electron chi connectivity index (χ1n) is 4.66. The lowest BCUT2D eigenvalue weighted by molar-refractivity contribution is -0.128. The highest BCUT2D eigenvalue weighted by Crippen LogP contribution is 2.11. The van der Waals surface area contributed by atoms with Crippen LogP contribution in [0.15, 0.2) is 24.3 Å². The Hall–Kier alpha value is -1.95. The van der Waals surface area contributed by atoms with E-state index < -0.39 is 0 Å². The Morgan fingerprint density at radius 3 is 2.80 bits per heavy atom. The Labute approximate surface area is 89.9 Å². The second kappa shape index (κ2) is 5.06. The van der Waals surface area contributed by atoms with Crippen molar-refractivity contribution in [1.29, 1.82) is 0 Å². The van der Waals surface area contributed by atoms with E-state index in [1.807, 2.05) is 18.2 Å². The van der Waals surface area contributed by atoms with Gasteiger partial charge in [-0.05, 0) is 11.6 Å². The normalized spacial score (nSPS) is 9.33. The van der Waals surface area contributed by atoms with Gasteiger partial charge in [0.25, 0.3) is 0 Å². The largest absolute Gasteiger partial charge is 0.398 e. The zero-order valence-electron chi connectivity index (χ0n) is 8.73. The number of terminal acetylenes is 1. The summed E-state index contributed by atoms with van der Waals surface area (Å²) in [5, 5.41) is 0. The average molecular weight is 202 g/mol. The molecule has 0 fully saturated rings. The number of nitrogen functional groups attached to an aromatic ring is 1. The van der Waals surface area contributed by atoms with Crippen LogP contribution in [0.5, 0.6) is 0 Å². The maximum Gasteiger partial charge on any atom is 0.227 e. The number of anilines is 1. The van der Waals surface area contributed by atoms with Gasteiger partial charge in [-0.3, -0.25) is 4.79 Å². The number of carbonyl (C=O) groups is 1. The molecule has 0 atom stereocenters. The molecule has 0 aliphatic carbocycles. The average Bonchev–Trinajstić information content (AvgIpc) is 2.21. The van der Waals surface area contributed by atoms with Crippen molar-refractivity contribution >= 4 is 11.6 Å². The van der Waals surface area contributed by atoms with Crippen LogP contribution in [0.3, 0.4) is 0 Å². The molecule has 0 aromatic heterocycles. The van der Waals surface area contributed by atoms with Gasteiger partial charge in [-0.15, -0.1) is 6.42 Å². The van der Waals surface area contributed by atoms with E-state index in [1.54, 1.807) is 13.1 Å². The lowest BCUT2D eigenvalue weighted by Gasteiger charge is -2.14. The number of hydrogen-bond acceptors (Lipinski definition) is 2. The second-order valence-corrected chi connectivity index (χ2v) is 3.33. The lowest BCUT2D eigenvalue weighted by Crippen LogP contribution is -2.28. The molecule has 1 amide bonds. The van der Waals surface area contributed by atoms with Gasteiger partial charge in [0.1, 0.15) is 0 Å². The van der Waals surface area contributed by atoms with E-state index in [9.17, 15) is 4.79 Å². The van der Waals surface area contributed by atoms with Crippen LogP contribution in [-0.4, -0.2) is 24.4 Å². The predicted octanol–water partition coefficient (Wildman–Crippen LogP) is 0.903. The third-order valence-electron chi connectivity index (χ3n) is 2.15. The van der Waals surface area contributed by atoms with Gasteiger partial charge in [-0.25, -0.2) is 0 Å². The molecule has 0 bridgehead atoms. The number of nitrogens with two attached hydrogens (primary N) is 1. The Balaban J connectivity index is 2.67. The molecule has 0 spiro atoms. The monoisotopic (exact) mass is 202 g/mol. The minimum atomic E-state index is -0.0224. The first-order chi connectivity index (χ1) is 7.15. The molecular formula is C12H14N2O. The first kappa shape index (κ1) is 11.1. The van der Waals surface area contributed by atoms with Gasteiger partial charge in [0, 0.05) is 12.7 Å². The SMILES string of the molecule is C#CCN(C)C(=O)Cc1ccccc1N. The Bertz CT molecular complexity index is 393. The van der Waals surface area contributed by atoms with Gasteiger partial charge in [0.2, 0.25) is 5.91 Å². The molecule has 0 aliphatic rings. The minimum absolute atomic E-state index is 0.0224. The van der Waals surface area contributed by atoms with Crippen molar-refractivity contribution in [3.05, 3.63) is 29.8 Å². The number of hydrogen-bond donors (Lipinski definition) is 1. The molecule has 0 saturated carbocycles. The number of para-hydroxylation sites is 1. The summed E-state index contributed by atoms with van der Waals surface area (Å²) in [7, 11) is 1.68. The standard InChI is InChI=1S/C12H14N2O/c1-3-8-14(2)12(15)9-10-6-4-5-7-11(10)13/h1,4-7H,8-9,13H2,2H3. The highest BCUT2D eigenvalue weighted by molar-refractivity contribution is 5.80. The summed E-state index contributed by atoms with van der Waals surface area (Å²) in [6.45, 7) is 0.325. The quantitative estimate of drug-likeness (QED) is 0.585. The van der Waals surface area contributed by atoms with Crippen molar-refractivity contribution in [3.8, 4) is 12.3 Å². The molecule has 0 aliphatic heterocycles. The van der Waals surface area contributed by atoms with Crippen LogP contribution in [0.2, 0.25) is 0 Å².